The van der Waals surface area contributed by atoms with Crippen molar-refractivity contribution in [2.24, 2.45) is 23.2 Å². The Morgan fingerprint density at radius 2 is 1.86 bits per heavy atom. The van der Waals surface area contributed by atoms with E-state index in [1.54, 1.807) is 5.57 Å². The molecule has 14 heavy (non-hydrogen) atoms. The van der Waals surface area contributed by atoms with Gasteiger partial charge in [-0.05, 0) is 30.6 Å². The Hall–Kier alpha value is -1.04. The number of hydrogen-bond acceptors (Lipinski definition) is 0. The molecule has 0 heteroatoms. The molecule has 0 N–H and O–H groups in total. The molecule has 4 bridgehead atoms. The topological polar surface area (TPSA) is 0 Å². The zero-order valence-electron chi connectivity index (χ0n) is 8.19. The quantitative estimate of drug-likeness (QED) is 0.546. The van der Waals surface area contributed by atoms with Crippen LogP contribution in [-0.4, -0.2) is 0 Å². The van der Waals surface area contributed by atoms with Gasteiger partial charge >= 0.3 is 0 Å². The van der Waals surface area contributed by atoms with Crippen molar-refractivity contribution in [1.82, 2.24) is 0 Å². The summed E-state index contributed by atoms with van der Waals surface area (Å²) in [4.78, 5) is 0. The molecule has 0 aromatic carbocycles. The molecule has 0 aliphatic heterocycles. The molecule has 2 atom stereocenters. The summed E-state index contributed by atoms with van der Waals surface area (Å²) in [5.41, 5.74) is 2.03. The monoisotopic (exact) mass is 182 g/mol. The van der Waals surface area contributed by atoms with Crippen LogP contribution in [0.2, 0.25) is 0 Å². The summed E-state index contributed by atoms with van der Waals surface area (Å²) in [5.74, 6) is 2.25. The van der Waals surface area contributed by atoms with Crippen molar-refractivity contribution in [2.45, 2.75) is 12.8 Å². The highest BCUT2D eigenvalue weighted by atomic mass is 14.5. The van der Waals surface area contributed by atoms with Crippen LogP contribution in [0.1, 0.15) is 12.8 Å². The second kappa shape index (κ2) is 2.13. The van der Waals surface area contributed by atoms with E-state index in [4.69, 9.17) is 0 Å². The van der Waals surface area contributed by atoms with E-state index < -0.39 is 0 Å². The van der Waals surface area contributed by atoms with Crippen LogP contribution < -0.4 is 0 Å². The van der Waals surface area contributed by atoms with Crippen molar-refractivity contribution in [1.29, 1.82) is 0 Å². The average molecular weight is 182 g/mol. The third-order valence-corrected chi connectivity index (χ3v) is 4.30. The summed E-state index contributed by atoms with van der Waals surface area (Å²) in [6.07, 6.45) is 19.6. The minimum absolute atomic E-state index is 0.342. The summed E-state index contributed by atoms with van der Waals surface area (Å²) in [5, 5.41) is 0. The first-order valence-electron chi connectivity index (χ1n) is 5.65. The Kier molecular flexibility index (Phi) is 1.11. The molecule has 0 radical (unpaired) electrons. The number of allylic oxidation sites excluding steroid dienone is 8. The zero-order valence-corrected chi connectivity index (χ0v) is 8.19. The number of rotatable bonds is 1. The van der Waals surface area contributed by atoms with Crippen LogP contribution in [0.5, 0.6) is 0 Å². The third-order valence-electron chi connectivity index (χ3n) is 4.30. The van der Waals surface area contributed by atoms with Crippen LogP contribution in [0.25, 0.3) is 0 Å². The molecule has 0 amide bonds. The predicted octanol–water partition coefficient (Wildman–Crippen LogP) is 3.25. The minimum atomic E-state index is 0.342. The van der Waals surface area contributed by atoms with Gasteiger partial charge in [0.25, 0.3) is 0 Å². The van der Waals surface area contributed by atoms with E-state index in [-0.39, 0.29) is 0 Å². The summed E-state index contributed by atoms with van der Waals surface area (Å²) in [6.45, 7) is 0. The normalized spacial score (nSPS) is 50.9. The molecule has 0 saturated carbocycles. The van der Waals surface area contributed by atoms with Gasteiger partial charge in [0.2, 0.25) is 0 Å². The van der Waals surface area contributed by atoms with Crippen LogP contribution in [0, 0.1) is 23.2 Å². The highest BCUT2D eigenvalue weighted by Crippen LogP contribution is 2.55. The molecule has 4 aliphatic carbocycles. The lowest BCUT2D eigenvalue weighted by atomic mass is 9.76. The summed E-state index contributed by atoms with van der Waals surface area (Å²) < 4.78 is 0. The molecular formula is C14H14. The maximum absolute atomic E-state index is 2.52. The Balaban J connectivity index is 1.80. The van der Waals surface area contributed by atoms with E-state index in [2.05, 4.69) is 42.5 Å². The first kappa shape index (κ1) is 7.28. The molecule has 0 aromatic heterocycles. The highest BCUT2D eigenvalue weighted by molar-refractivity contribution is 5.46. The van der Waals surface area contributed by atoms with Gasteiger partial charge in [-0.15, -0.1) is 0 Å². The third kappa shape index (κ3) is 0.716. The molecule has 4 rings (SSSR count). The lowest BCUT2D eigenvalue weighted by Gasteiger charge is -2.27. The van der Waals surface area contributed by atoms with Gasteiger partial charge in [0.05, 0.1) is 0 Å². The number of hydrogen-bond donors (Lipinski definition) is 0. The zero-order chi connectivity index (χ0) is 9.17. The lowest BCUT2D eigenvalue weighted by molar-refractivity contribution is 0.519. The van der Waals surface area contributed by atoms with E-state index in [0.717, 1.165) is 17.8 Å². The van der Waals surface area contributed by atoms with Crippen LogP contribution >= 0.6 is 0 Å². The van der Waals surface area contributed by atoms with Gasteiger partial charge in [-0.3, -0.25) is 0 Å². The van der Waals surface area contributed by atoms with Crippen molar-refractivity contribution in [2.75, 3.05) is 0 Å². The molecule has 4 aliphatic rings. The first-order chi connectivity index (χ1) is 6.86. The first-order valence-corrected chi connectivity index (χ1v) is 5.65. The fourth-order valence-electron chi connectivity index (χ4n) is 3.62. The standard InChI is InChI=1S/C14H14/c1-2-12-7-11(1)8-13(12)14-5-3-10(9-14)4-6-14/h1-6,8,10-12H,7,9H2. The molecular weight excluding hydrogens is 168 g/mol. The van der Waals surface area contributed by atoms with E-state index in [0.29, 0.717) is 5.41 Å². The van der Waals surface area contributed by atoms with Gasteiger partial charge in [-0.1, -0.05) is 48.1 Å². The second-order valence-electron chi connectivity index (χ2n) is 5.14. The molecule has 70 valence electrons. The molecule has 0 spiro atoms. The fourth-order valence-corrected chi connectivity index (χ4v) is 3.62. The molecule has 0 heterocycles. The van der Waals surface area contributed by atoms with E-state index >= 15 is 0 Å². The summed E-state index contributed by atoms with van der Waals surface area (Å²) in [7, 11) is 0. The van der Waals surface area contributed by atoms with Gasteiger partial charge in [0.1, 0.15) is 0 Å². The van der Waals surface area contributed by atoms with Crippen LogP contribution in [0.3, 0.4) is 0 Å². The SMILES string of the molecule is C1=CC2CC1C=C2C12C=CC(C=C1)C2. The largest absolute Gasteiger partial charge is 0.0810 e. The van der Waals surface area contributed by atoms with Crippen molar-refractivity contribution in [3.05, 3.63) is 48.1 Å². The molecule has 0 saturated heterocycles. The maximum Gasteiger partial charge on any atom is 0.0286 e. The number of fused-ring (bicyclic) bond motifs is 4. The van der Waals surface area contributed by atoms with Crippen LogP contribution in [0.15, 0.2) is 48.1 Å². The second-order valence-corrected chi connectivity index (χ2v) is 5.14. The maximum atomic E-state index is 2.52. The van der Waals surface area contributed by atoms with Gasteiger partial charge in [0.15, 0.2) is 0 Å². The van der Waals surface area contributed by atoms with E-state index in [9.17, 15) is 0 Å². The molecule has 0 nitrogen and oxygen atoms in total. The molecule has 0 aromatic rings. The van der Waals surface area contributed by atoms with Crippen LogP contribution in [0.4, 0.5) is 0 Å². The Bertz CT molecular complexity index is 392. The van der Waals surface area contributed by atoms with E-state index in [1.165, 1.54) is 12.8 Å². The lowest BCUT2D eigenvalue weighted by Crippen LogP contribution is -2.17. The van der Waals surface area contributed by atoms with E-state index in [1.807, 2.05) is 0 Å². The predicted molar refractivity (Wildman–Crippen MR) is 57.6 cm³/mol. The average Bonchev–Trinajstić information content (AvgIpc) is 2.98. The van der Waals surface area contributed by atoms with Gasteiger partial charge in [0, 0.05) is 5.41 Å². The molecule has 0 fully saturated rings. The van der Waals surface area contributed by atoms with Crippen LogP contribution in [-0.2, 0) is 0 Å². The fraction of sp³-hybridized carbons (Fsp3) is 0.429. The Morgan fingerprint density at radius 1 is 1.00 bits per heavy atom. The van der Waals surface area contributed by atoms with Crippen molar-refractivity contribution in [3.8, 4) is 0 Å². The van der Waals surface area contributed by atoms with Crippen molar-refractivity contribution < 1.29 is 0 Å². The Morgan fingerprint density at radius 3 is 2.36 bits per heavy atom. The minimum Gasteiger partial charge on any atom is -0.0810 e. The van der Waals surface area contributed by atoms with Gasteiger partial charge in [-0.25, -0.2) is 0 Å². The summed E-state index contributed by atoms with van der Waals surface area (Å²) in [6, 6.07) is 0. The van der Waals surface area contributed by atoms with Gasteiger partial charge in [-0.2, -0.15) is 0 Å². The smallest absolute Gasteiger partial charge is 0.0286 e. The van der Waals surface area contributed by atoms with Crippen molar-refractivity contribution in [3.63, 3.8) is 0 Å². The van der Waals surface area contributed by atoms with Gasteiger partial charge < -0.3 is 0 Å². The Labute approximate surface area is 84.7 Å². The van der Waals surface area contributed by atoms with Crippen molar-refractivity contribution >= 4 is 0 Å². The highest BCUT2D eigenvalue weighted by Gasteiger charge is 2.44. The molecule has 2 unspecified atom stereocenters. The summed E-state index contributed by atoms with van der Waals surface area (Å²) >= 11 is 0.